The molecule has 0 aliphatic heterocycles. The van der Waals surface area contributed by atoms with Gasteiger partial charge >= 0.3 is 6.03 Å². The number of hydrogen-bond acceptors (Lipinski definition) is 4. The molecule has 0 radical (unpaired) electrons. The monoisotopic (exact) mass is 228 g/mol. The average molecular weight is 228 g/mol. The Labute approximate surface area is 93.8 Å². The number of nitrogens with one attached hydrogen (secondary N) is 1. The Morgan fingerprint density at radius 2 is 2.00 bits per heavy atom. The van der Waals surface area contributed by atoms with Crippen molar-refractivity contribution < 1.29 is 4.79 Å². The number of urea groups is 1. The zero-order valence-electron chi connectivity index (χ0n) is 9.39. The number of rotatable bonds is 3. The van der Waals surface area contributed by atoms with Crippen molar-refractivity contribution >= 4 is 23.6 Å². The Bertz CT molecular complexity index is 302. The summed E-state index contributed by atoms with van der Waals surface area (Å²) in [6.07, 6.45) is 1.54. The van der Waals surface area contributed by atoms with Gasteiger partial charge in [-0.15, -0.1) is 0 Å². The Hall–Kier alpha value is -1.17. The Kier molecular flexibility index (Phi) is 4.02. The van der Waals surface area contributed by atoms with E-state index in [1.165, 1.54) is 0 Å². The van der Waals surface area contributed by atoms with E-state index in [9.17, 15) is 4.79 Å². The Morgan fingerprint density at radius 1 is 1.40 bits per heavy atom. The first-order valence-electron chi connectivity index (χ1n) is 4.89. The molecular weight excluding hydrogens is 212 g/mol. The quantitative estimate of drug-likeness (QED) is 0.862. The summed E-state index contributed by atoms with van der Waals surface area (Å²) in [5.74, 6) is 0.510. The molecule has 0 saturated heterocycles. The van der Waals surface area contributed by atoms with Crippen LogP contribution in [0.2, 0.25) is 0 Å². The van der Waals surface area contributed by atoms with E-state index < -0.39 is 0 Å². The molecule has 0 aromatic carbocycles. The van der Waals surface area contributed by atoms with Crippen molar-refractivity contribution in [1.29, 1.82) is 0 Å². The molecule has 0 bridgehead atoms. The van der Waals surface area contributed by atoms with Crippen molar-refractivity contribution in [3.8, 4) is 0 Å². The fraction of sp³-hybridized carbons (Fsp3) is 0.667. The average Bonchev–Trinajstić information content (AvgIpc) is 2.54. The lowest BCUT2D eigenvalue weighted by molar-refractivity contribution is 0.178. The third-order valence-corrected chi connectivity index (χ3v) is 2.42. The summed E-state index contributed by atoms with van der Waals surface area (Å²) in [4.78, 5) is 13.6. The van der Waals surface area contributed by atoms with Crippen molar-refractivity contribution in [2.75, 3.05) is 5.32 Å². The van der Waals surface area contributed by atoms with Gasteiger partial charge in [0.1, 0.15) is 0 Å². The van der Waals surface area contributed by atoms with Crippen LogP contribution in [0.5, 0.6) is 0 Å². The summed E-state index contributed by atoms with van der Waals surface area (Å²) >= 11 is 1.08. The van der Waals surface area contributed by atoms with E-state index in [1.807, 2.05) is 27.7 Å². The van der Waals surface area contributed by atoms with Crippen molar-refractivity contribution in [2.24, 2.45) is 0 Å². The summed E-state index contributed by atoms with van der Waals surface area (Å²) in [6, 6.07) is 0.195. The molecule has 0 aliphatic rings. The second-order valence-electron chi connectivity index (χ2n) is 3.82. The molecule has 1 aromatic heterocycles. The highest BCUT2D eigenvalue weighted by Crippen LogP contribution is 2.09. The van der Waals surface area contributed by atoms with E-state index in [-0.39, 0.29) is 18.1 Å². The van der Waals surface area contributed by atoms with E-state index in [0.717, 1.165) is 11.7 Å². The van der Waals surface area contributed by atoms with E-state index in [2.05, 4.69) is 14.1 Å². The lowest BCUT2D eigenvalue weighted by atomic mass is 10.2. The third-order valence-electron chi connectivity index (χ3n) is 1.94. The summed E-state index contributed by atoms with van der Waals surface area (Å²) in [6.45, 7) is 7.94. The normalized spacial score (nSPS) is 10.8. The summed E-state index contributed by atoms with van der Waals surface area (Å²) < 4.78 is 7.75. The van der Waals surface area contributed by atoms with Crippen LogP contribution in [-0.4, -0.2) is 31.8 Å². The molecule has 1 aromatic rings. The van der Waals surface area contributed by atoms with Gasteiger partial charge in [0.2, 0.25) is 0 Å². The summed E-state index contributed by atoms with van der Waals surface area (Å²) in [5, 5.41) is 2.71. The van der Waals surface area contributed by atoms with E-state index in [4.69, 9.17) is 0 Å². The molecule has 0 aliphatic carbocycles. The number of carbonyl (C=O) groups is 1. The molecule has 0 saturated carbocycles. The predicted molar refractivity (Wildman–Crippen MR) is 61.0 cm³/mol. The highest BCUT2D eigenvalue weighted by atomic mass is 32.1. The van der Waals surface area contributed by atoms with Gasteiger partial charge in [-0.3, -0.25) is 5.32 Å². The molecule has 84 valence electrons. The number of carbonyl (C=O) groups excluding carboxylic acids is 1. The molecule has 0 fully saturated rings. The molecule has 5 nitrogen and oxygen atoms in total. The highest BCUT2D eigenvalue weighted by Gasteiger charge is 2.20. The molecular formula is C9H16N4OS. The molecule has 1 N–H and O–H groups in total. The van der Waals surface area contributed by atoms with Crippen molar-refractivity contribution in [3.05, 3.63) is 6.20 Å². The van der Waals surface area contributed by atoms with Crippen LogP contribution in [0.3, 0.4) is 0 Å². The fourth-order valence-corrected chi connectivity index (χ4v) is 1.83. The van der Waals surface area contributed by atoms with Crippen LogP contribution in [0, 0.1) is 0 Å². The minimum absolute atomic E-state index is 0.132. The first-order chi connectivity index (χ1) is 7.02. The van der Waals surface area contributed by atoms with E-state index >= 15 is 0 Å². The van der Waals surface area contributed by atoms with E-state index in [0.29, 0.717) is 5.82 Å². The van der Waals surface area contributed by atoms with Crippen LogP contribution in [0.25, 0.3) is 0 Å². The maximum atomic E-state index is 11.8. The molecule has 1 rings (SSSR count). The highest BCUT2D eigenvalue weighted by molar-refractivity contribution is 6.99. The van der Waals surface area contributed by atoms with Crippen LogP contribution in [-0.2, 0) is 0 Å². The Morgan fingerprint density at radius 3 is 2.40 bits per heavy atom. The zero-order valence-corrected chi connectivity index (χ0v) is 10.2. The van der Waals surface area contributed by atoms with Crippen molar-refractivity contribution in [1.82, 2.24) is 13.6 Å². The van der Waals surface area contributed by atoms with Gasteiger partial charge in [-0.1, -0.05) is 0 Å². The SMILES string of the molecule is CC(C)N(C(=O)Nc1cnsn1)C(C)C. The smallest absolute Gasteiger partial charge is 0.320 e. The van der Waals surface area contributed by atoms with Crippen LogP contribution >= 0.6 is 11.7 Å². The van der Waals surface area contributed by atoms with E-state index in [1.54, 1.807) is 11.1 Å². The van der Waals surface area contributed by atoms with Crippen LogP contribution < -0.4 is 5.32 Å². The van der Waals surface area contributed by atoms with Crippen LogP contribution in [0.15, 0.2) is 6.20 Å². The number of amides is 2. The molecule has 6 heteroatoms. The molecule has 1 heterocycles. The van der Waals surface area contributed by atoms with Crippen molar-refractivity contribution in [2.45, 2.75) is 39.8 Å². The van der Waals surface area contributed by atoms with Crippen molar-refractivity contribution in [3.63, 3.8) is 0 Å². The van der Waals surface area contributed by atoms with Crippen LogP contribution in [0.1, 0.15) is 27.7 Å². The largest absolute Gasteiger partial charge is 0.323 e. The molecule has 15 heavy (non-hydrogen) atoms. The van der Waals surface area contributed by atoms with Crippen LogP contribution in [0.4, 0.5) is 10.6 Å². The predicted octanol–water partition coefficient (Wildman–Crippen LogP) is 2.19. The zero-order chi connectivity index (χ0) is 11.4. The second-order valence-corrected chi connectivity index (χ2v) is 4.37. The van der Waals surface area contributed by atoms with Gasteiger partial charge in [0.15, 0.2) is 5.82 Å². The third kappa shape index (κ3) is 3.16. The maximum absolute atomic E-state index is 11.8. The Balaban J connectivity index is 2.65. The topological polar surface area (TPSA) is 58.1 Å². The molecule has 0 atom stereocenters. The summed E-state index contributed by atoms with van der Waals surface area (Å²) in [7, 11) is 0. The first-order valence-corrected chi connectivity index (χ1v) is 5.62. The molecule has 2 amide bonds. The van der Waals surface area contributed by atoms with Gasteiger partial charge < -0.3 is 4.90 Å². The van der Waals surface area contributed by atoms with Gasteiger partial charge in [0.05, 0.1) is 17.9 Å². The lowest BCUT2D eigenvalue weighted by Gasteiger charge is -2.30. The van der Waals surface area contributed by atoms with Gasteiger partial charge in [0.25, 0.3) is 0 Å². The molecule has 0 spiro atoms. The lowest BCUT2D eigenvalue weighted by Crippen LogP contribution is -2.44. The van der Waals surface area contributed by atoms with Gasteiger partial charge in [-0.05, 0) is 27.7 Å². The fourth-order valence-electron chi connectivity index (χ4n) is 1.46. The summed E-state index contributed by atoms with van der Waals surface area (Å²) in [5.41, 5.74) is 0. The minimum Gasteiger partial charge on any atom is -0.320 e. The van der Waals surface area contributed by atoms with Gasteiger partial charge in [-0.2, -0.15) is 8.75 Å². The minimum atomic E-state index is -0.132. The number of nitrogens with zero attached hydrogens (tertiary/aromatic N) is 3. The second kappa shape index (κ2) is 5.06. The maximum Gasteiger partial charge on any atom is 0.323 e. The number of hydrogen-bond donors (Lipinski definition) is 1. The standard InChI is InChI=1S/C9H16N4OS/c1-6(2)13(7(3)4)9(14)11-8-5-10-15-12-8/h5-7H,1-4H3,(H,11,12,14). The number of anilines is 1. The van der Waals surface area contributed by atoms with Gasteiger partial charge in [-0.25, -0.2) is 4.79 Å². The van der Waals surface area contributed by atoms with Gasteiger partial charge in [0, 0.05) is 12.1 Å². The first kappa shape index (κ1) is 11.9. The molecule has 0 unspecified atom stereocenters. The number of aromatic nitrogens is 2.